The Bertz CT molecular complexity index is 1370. The van der Waals surface area contributed by atoms with Gasteiger partial charge in [0.25, 0.3) is 5.56 Å². The van der Waals surface area contributed by atoms with Crippen LogP contribution in [0.3, 0.4) is 0 Å². The largest absolute Gasteiger partial charge is 0.462 e. The Morgan fingerprint density at radius 1 is 1.18 bits per heavy atom. The highest BCUT2D eigenvalue weighted by atomic mass is 32.1. The van der Waals surface area contributed by atoms with Gasteiger partial charge in [-0.05, 0) is 31.0 Å². The van der Waals surface area contributed by atoms with E-state index in [2.05, 4.69) is 10.1 Å². The number of rotatable bonds is 7. The van der Waals surface area contributed by atoms with E-state index in [4.69, 9.17) is 4.74 Å². The van der Waals surface area contributed by atoms with E-state index in [-0.39, 0.29) is 30.1 Å². The summed E-state index contributed by atoms with van der Waals surface area (Å²) in [7, 11) is 0. The quantitative estimate of drug-likeness (QED) is 0.321. The predicted octanol–water partition coefficient (Wildman–Crippen LogP) is 5.41. The second kappa shape index (κ2) is 9.22. The van der Waals surface area contributed by atoms with Gasteiger partial charge in [-0.15, -0.1) is 11.3 Å². The number of thiazole rings is 1. The molecule has 0 saturated heterocycles. The minimum absolute atomic E-state index is 0.0140. The third kappa shape index (κ3) is 4.93. The molecule has 0 bridgehead atoms. The molecule has 0 aliphatic carbocycles. The summed E-state index contributed by atoms with van der Waals surface area (Å²) in [4.78, 5) is 29.6. The van der Waals surface area contributed by atoms with Crippen molar-refractivity contribution in [1.82, 2.24) is 14.8 Å². The Morgan fingerprint density at radius 2 is 1.91 bits per heavy atom. The molecule has 0 aliphatic heterocycles. The number of hydrogen-bond acceptors (Lipinski definition) is 7. The Balaban J connectivity index is 1.66. The van der Waals surface area contributed by atoms with E-state index < -0.39 is 17.7 Å². The van der Waals surface area contributed by atoms with Crippen molar-refractivity contribution in [3.05, 3.63) is 55.6 Å². The Labute approximate surface area is 194 Å². The van der Waals surface area contributed by atoms with Crippen LogP contribution in [0.4, 0.5) is 13.2 Å². The number of benzene rings is 1. The van der Waals surface area contributed by atoms with Crippen molar-refractivity contribution in [2.45, 2.75) is 51.9 Å². The van der Waals surface area contributed by atoms with Gasteiger partial charge in [-0.3, -0.25) is 9.59 Å². The Hall–Kier alpha value is -2.79. The van der Waals surface area contributed by atoms with Gasteiger partial charge < -0.3 is 4.74 Å². The molecule has 4 aromatic rings. The van der Waals surface area contributed by atoms with Crippen molar-refractivity contribution in [1.29, 1.82) is 0 Å². The Morgan fingerprint density at radius 3 is 2.61 bits per heavy atom. The fraction of sp³-hybridized carbons (Fsp3) is 0.364. The van der Waals surface area contributed by atoms with Crippen LogP contribution in [-0.4, -0.2) is 26.8 Å². The lowest BCUT2D eigenvalue weighted by molar-refractivity contribution is -0.148. The first-order valence-electron chi connectivity index (χ1n) is 10.3. The zero-order valence-electron chi connectivity index (χ0n) is 17.8. The van der Waals surface area contributed by atoms with E-state index >= 15 is 0 Å². The molecular weight excluding hydrogens is 475 g/mol. The molecule has 0 saturated carbocycles. The predicted molar refractivity (Wildman–Crippen MR) is 122 cm³/mol. The van der Waals surface area contributed by atoms with Gasteiger partial charge in [0.15, 0.2) is 0 Å². The van der Waals surface area contributed by atoms with Crippen LogP contribution in [-0.2, 0) is 28.7 Å². The van der Waals surface area contributed by atoms with Crippen molar-refractivity contribution in [2.75, 3.05) is 0 Å². The summed E-state index contributed by atoms with van der Waals surface area (Å²) in [5.74, 6) is -0.423. The lowest BCUT2D eigenvalue weighted by atomic mass is 10.2. The van der Waals surface area contributed by atoms with Gasteiger partial charge >= 0.3 is 12.1 Å². The molecule has 0 atom stereocenters. The fourth-order valence-electron chi connectivity index (χ4n) is 3.47. The monoisotopic (exact) mass is 495 g/mol. The SMILES string of the molecule is CCC(CC)OC(=O)Cc1nn(Cc2nc3cc(C(F)(F)F)ccc3s2)c(=O)c2cscc12. The van der Waals surface area contributed by atoms with Gasteiger partial charge in [0.2, 0.25) is 0 Å². The van der Waals surface area contributed by atoms with Gasteiger partial charge in [0.1, 0.15) is 11.1 Å². The number of carbonyl (C=O) groups is 1. The lowest BCUT2D eigenvalue weighted by Gasteiger charge is -2.14. The average Bonchev–Trinajstić information content (AvgIpc) is 3.41. The second-order valence-corrected chi connectivity index (χ2v) is 9.36. The zero-order chi connectivity index (χ0) is 23.8. The van der Waals surface area contributed by atoms with Crippen LogP contribution < -0.4 is 5.56 Å². The number of ether oxygens (including phenoxy) is 1. The first-order valence-corrected chi connectivity index (χ1v) is 12.1. The summed E-state index contributed by atoms with van der Waals surface area (Å²) in [6, 6.07) is 3.37. The number of carbonyl (C=O) groups excluding carboxylic acids is 1. The molecule has 6 nitrogen and oxygen atoms in total. The highest BCUT2D eigenvalue weighted by molar-refractivity contribution is 7.18. The van der Waals surface area contributed by atoms with Crippen molar-refractivity contribution in [2.24, 2.45) is 0 Å². The number of halogens is 3. The molecule has 0 spiro atoms. The van der Waals surface area contributed by atoms with Crippen molar-refractivity contribution < 1.29 is 22.7 Å². The smallest absolute Gasteiger partial charge is 0.416 e. The van der Waals surface area contributed by atoms with E-state index in [0.29, 0.717) is 39.0 Å². The standard InChI is InChI=1S/C22H20F3N3O3S2/c1-3-13(4-2)31-20(29)8-16-14-10-32-11-15(14)21(30)28(27-16)9-19-26-17-7-12(22(23,24)25)5-6-18(17)33-19/h5-7,10-11,13H,3-4,8-9H2,1-2H3. The number of hydrogen-bond donors (Lipinski definition) is 0. The molecule has 174 valence electrons. The van der Waals surface area contributed by atoms with Gasteiger partial charge in [-0.25, -0.2) is 9.67 Å². The summed E-state index contributed by atoms with van der Waals surface area (Å²) in [5, 5.41) is 9.33. The van der Waals surface area contributed by atoms with Gasteiger partial charge in [-0.1, -0.05) is 13.8 Å². The summed E-state index contributed by atoms with van der Waals surface area (Å²) >= 11 is 2.52. The van der Waals surface area contributed by atoms with Crippen molar-refractivity contribution in [3.63, 3.8) is 0 Å². The molecule has 11 heteroatoms. The van der Waals surface area contributed by atoms with Gasteiger partial charge in [-0.2, -0.15) is 29.6 Å². The van der Waals surface area contributed by atoms with Crippen LogP contribution in [0.15, 0.2) is 33.8 Å². The third-order valence-electron chi connectivity index (χ3n) is 5.24. The minimum atomic E-state index is -4.46. The van der Waals surface area contributed by atoms with E-state index in [1.165, 1.54) is 33.4 Å². The first-order chi connectivity index (χ1) is 15.7. The maximum absolute atomic E-state index is 13.0. The van der Waals surface area contributed by atoms with Crippen LogP contribution in [0.1, 0.15) is 43.0 Å². The molecule has 0 radical (unpaired) electrons. The third-order valence-corrected chi connectivity index (χ3v) is 7.01. The van der Waals surface area contributed by atoms with Crippen LogP contribution >= 0.6 is 22.7 Å². The number of aromatic nitrogens is 3. The highest BCUT2D eigenvalue weighted by Gasteiger charge is 2.30. The normalized spacial score (nSPS) is 12.2. The number of fused-ring (bicyclic) bond motifs is 2. The van der Waals surface area contributed by atoms with Crippen LogP contribution in [0.5, 0.6) is 0 Å². The molecule has 1 aromatic carbocycles. The van der Waals surface area contributed by atoms with Gasteiger partial charge in [0.05, 0.1) is 39.8 Å². The summed E-state index contributed by atoms with van der Waals surface area (Å²) in [5.41, 5.74) is -0.496. The fourth-order valence-corrected chi connectivity index (χ4v) is 5.24. The highest BCUT2D eigenvalue weighted by Crippen LogP contribution is 2.33. The molecule has 0 aliphatic rings. The van der Waals surface area contributed by atoms with E-state index in [0.717, 1.165) is 12.1 Å². The second-order valence-electron chi connectivity index (χ2n) is 7.50. The lowest BCUT2D eigenvalue weighted by Crippen LogP contribution is -2.26. The summed E-state index contributed by atoms with van der Waals surface area (Å²) in [6.45, 7) is 3.86. The topological polar surface area (TPSA) is 74.1 Å². The molecule has 0 fully saturated rings. The molecule has 33 heavy (non-hydrogen) atoms. The number of nitrogens with zero attached hydrogens (tertiary/aromatic N) is 3. The van der Waals surface area contributed by atoms with Crippen LogP contribution in [0.25, 0.3) is 21.0 Å². The van der Waals surface area contributed by atoms with E-state index in [9.17, 15) is 22.8 Å². The molecule has 0 unspecified atom stereocenters. The van der Waals surface area contributed by atoms with E-state index in [1.54, 1.807) is 10.8 Å². The van der Waals surface area contributed by atoms with Crippen molar-refractivity contribution in [3.8, 4) is 0 Å². The maximum atomic E-state index is 13.0. The Kier molecular flexibility index (Phi) is 6.53. The summed E-state index contributed by atoms with van der Waals surface area (Å²) in [6.07, 6.45) is -3.31. The molecule has 0 N–H and O–H groups in total. The van der Waals surface area contributed by atoms with Crippen molar-refractivity contribution >= 4 is 49.6 Å². The maximum Gasteiger partial charge on any atom is 0.416 e. The molecular formula is C22H20F3N3O3S2. The number of alkyl halides is 3. The molecule has 0 amide bonds. The summed E-state index contributed by atoms with van der Waals surface area (Å²) < 4.78 is 46.3. The average molecular weight is 496 g/mol. The molecule has 4 rings (SSSR count). The van der Waals surface area contributed by atoms with E-state index in [1.807, 2.05) is 13.8 Å². The minimum Gasteiger partial charge on any atom is -0.462 e. The molecule has 3 aromatic heterocycles. The van der Waals surface area contributed by atoms with Crippen LogP contribution in [0.2, 0.25) is 0 Å². The number of thiophene rings is 1. The molecule has 3 heterocycles. The van der Waals surface area contributed by atoms with Crippen LogP contribution in [0, 0.1) is 0 Å². The van der Waals surface area contributed by atoms with Gasteiger partial charge in [0, 0.05) is 16.1 Å². The zero-order valence-corrected chi connectivity index (χ0v) is 19.4. The first kappa shape index (κ1) is 23.4. The number of esters is 1.